The van der Waals surface area contributed by atoms with Crippen molar-refractivity contribution < 1.29 is 9.22 Å². The number of benzene rings is 1. The Morgan fingerprint density at radius 1 is 0.714 bits per heavy atom. The van der Waals surface area contributed by atoms with Gasteiger partial charge in [0.15, 0.2) is 0 Å². The van der Waals surface area contributed by atoms with Crippen LogP contribution < -0.4 is 4.74 Å². The summed E-state index contributed by atoms with van der Waals surface area (Å²) >= 11 is 12.0. The SMILES string of the molecule is CCCCCCCCCCCC[N+](CC)(CC)CCOc1ccc(Cl)c(Cl)c1. The number of rotatable bonds is 17. The van der Waals surface area contributed by atoms with Crippen LogP contribution in [0.15, 0.2) is 18.2 Å². The molecule has 28 heavy (non-hydrogen) atoms. The van der Waals surface area contributed by atoms with E-state index in [0.29, 0.717) is 10.0 Å². The molecule has 0 spiro atoms. The Morgan fingerprint density at radius 2 is 1.29 bits per heavy atom. The van der Waals surface area contributed by atoms with Gasteiger partial charge >= 0.3 is 0 Å². The van der Waals surface area contributed by atoms with Crippen molar-refractivity contribution >= 4 is 23.2 Å². The quantitative estimate of drug-likeness (QED) is 0.179. The molecule has 162 valence electrons. The Bertz CT molecular complexity index is 517. The van der Waals surface area contributed by atoms with Gasteiger partial charge in [0.1, 0.15) is 18.9 Å². The van der Waals surface area contributed by atoms with Gasteiger partial charge in [0, 0.05) is 6.07 Å². The van der Waals surface area contributed by atoms with Crippen LogP contribution in [-0.2, 0) is 0 Å². The Morgan fingerprint density at radius 3 is 1.82 bits per heavy atom. The number of hydrogen-bond donors (Lipinski definition) is 0. The van der Waals surface area contributed by atoms with Gasteiger partial charge < -0.3 is 9.22 Å². The second kappa shape index (κ2) is 15.4. The Kier molecular flexibility index (Phi) is 14.1. The molecule has 0 fully saturated rings. The number of unbranched alkanes of at least 4 members (excludes halogenated alkanes) is 9. The van der Waals surface area contributed by atoms with E-state index in [4.69, 9.17) is 27.9 Å². The molecular formula is C24H42Cl2NO+. The van der Waals surface area contributed by atoms with Gasteiger partial charge in [0.2, 0.25) is 0 Å². The zero-order valence-electron chi connectivity index (χ0n) is 18.5. The zero-order chi connectivity index (χ0) is 20.7. The molecule has 1 rings (SSSR count). The molecule has 0 unspecified atom stereocenters. The monoisotopic (exact) mass is 430 g/mol. The van der Waals surface area contributed by atoms with Crippen LogP contribution >= 0.6 is 23.2 Å². The second-order valence-electron chi connectivity index (χ2n) is 8.03. The van der Waals surface area contributed by atoms with Crippen molar-refractivity contribution in [3.63, 3.8) is 0 Å². The molecule has 1 aromatic carbocycles. The topological polar surface area (TPSA) is 9.23 Å². The van der Waals surface area contributed by atoms with Gasteiger partial charge in [0.05, 0.1) is 29.7 Å². The van der Waals surface area contributed by atoms with Gasteiger partial charge in [-0.05, 0) is 38.8 Å². The molecule has 0 bridgehead atoms. The maximum absolute atomic E-state index is 6.07. The van der Waals surface area contributed by atoms with E-state index in [1.165, 1.54) is 83.8 Å². The fraction of sp³-hybridized carbons (Fsp3) is 0.750. The zero-order valence-corrected chi connectivity index (χ0v) is 20.0. The first-order chi connectivity index (χ1) is 13.6. The summed E-state index contributed by atoms with van der Waals surface area (Å²) in [6.45, 7) is 12.2. The predicted molar refractivity (Wildman–Crippen MR) is 125 cm³/mol. The van der Waals surface area contributed by atoms with E-state index in [-0.39, 0.29) is 0 Å². The van der Waals surface area contributed by atoms with E-state index in [9.17, 15) is 0 Å². The summed E-state index contributed by atoms with van der Waals surface area (Å²) in [5, 5.41) is 1.12. The molecule has 0 heterocycles. The van der Waals surface area contributed by atoms with E-state index in [1.807, 2.05) is 6.07 Å². The molecule has 0 saturated carbocycles. The summed E-state index contributed by atoms with van der Waals surface area (Å²) in [6.07, 6.45) is 13.9. The first-order valence-electron chi connectivity index (χ1n) is 11.5. The molecule has 2 nitrogen and oxygen atoms in total. The van der Waals surface area contributed by atoms with Crippen LogP contribution in [0, 0.1) is 0 Å². The minimum absolute atomic E-state index is 0.552. The van der Waals surface area contributed by atoms with E-state index in [0.717, 1.165) is 23.4 Å². The molecule has 0 saturated heterocycles. The summed E-state index contributed by atoms with van der Waals surface area (Å²) in [5.74, 6) is 0.804. The molecular weight excluding hydrogens is 389 g/mol. The lowest BCUT2D eigenvalue weighted by molar-refractivity contribution is -0.925. The molecule has 0 atom stereocenters. The van der Waals surface area contributed by atoms with Gasteiger partial charge in [-0.1, -0.05) is 81.5 Å². The lowest BCUT2D eigenvalue weighted by Gasteiger charge is -2.37. The minimum atomic E-state index is 0.552. The highest BCUT2D eigenvalue weighted by atomic mass is 35.5. The lowest BCUT2D eigenvalue weighted by atomic mass is 10.1. The van der Waals surface area contributed by atoms with Crippen molar-refractivity contribution in [1.82, 2.24) is 0 Å². The molecule has 0 aromatic heterocycles. The smallest absolute Gasteiger partial charge is 0.137 e. The fourth-order valence-corrected chi connectivity index (χ4v) is 4.11. The number of likely N-dealkylation sites (N-methyl/N-ethyl adjacent to an activating group) is 1. The average Bonchev–Trinajstić information content (AvgIpc) is 2.71. The summed E-state index contributed by atoms with van der Waals surface area (Å²) in [7, 11) is 0. The minimum Gasteiger partial charge on any atom is -0.488 e. The van der Waals surface area contributed by atoms with Crippen molar-refractivity contribution in [2.75, 3.05) is 32.8 Å². The number of ether oxygens (including phenoxy) is 1. The molecule has 1 aromatic rings. The first-order valence-corrected chi connectivity index (χ1v) is 12.3. The van der Waals surface area contributed by atoms with E-state index < -0.39 is 0 Å². The Labute approximate surface area is 184 Å². The van der Waals surface area contributed by atoms with E-state index in [2.05, 4.69) is 20.8 Å². The third kappa shape index (κ3) is 10.4. The van der Waals surface area contributed by atoms with Gasteiger partial charge in [-0.2, -0.15) is 0 Å². The molecule has 4 heteroatoms. The average molecular weight is 432 g/mol. The molecule has 0 amide bonds. The van der Waals surface area contributed by atoms with Crippen LogP contribution in [0.2, 0.25) is 10.0 Å². The van der Waals surface area contributed by atoms with Crippen molar-refractivity contribution in [1.29, 1.82) is 0 Å². The second-order valence-corrected chi connectivity index (χ2v) is 8.84. The summed E-state index contributed by atoms with van der Waals surface area (Å²) < 4.78 is 7.08. The lowest BCUT2D eigenvalue weighted by Crippen LogP contribution is -2.50. The fourth-order valence-electron chi connectivity index (χ4n) is 3.83. The van der Waals surface area contributed by atoms with Crippen LogP contribution in [-0.4, -0.2) is 37.3 Å². The van der Waals surface area contributed by atoms with Crippen molar-refractivity contribution in [2.24, 2.45) is 0 Å². The number of quaternary nitrogens is 1. The van der Waals surface area contributed by atoms with E-state index in [1.54, 1.807) is 12.1 Å². The maximum atomic E-state index is 6.07. The Hall–Kier alpha value is -0.440. The third-order valence-corrected chi connectivity index (χ3v) is 6.79. The van der Waals surface area contributed by atoms with Gasteiger partial charge in [-0.25, -0.2) is 0 Å². The largest absolute Gasteiger partial charge is 0.488 e. The Balaban J connectivity index is 2.22. The standard InChI is InChI=1S/C24H42Cl2NO/c1-4-7-8-9-10-11-12-13-14-15-18-27(5-2,6-3)19-20-28-22-16-17-23(25)24(26)21-22/h16-17,21H,4-15,18-20H2,1-3H3/q+1. The van der Waals surface area contributed by atoms with Crippen LogP contribution in [0.5, 0.6) is 5.75 Å². The van der Waals surface area contributed by atoms with Crippen LogP contribution in [0.3, 0.4) is 0 Å². The molecule has 0 aliphatic rings. The molecule has 0 N–H and O–H groups in total. The van der Waals surface area contributed by atoms with Crippen LogP contribution in [0.4, 0.5) is 0 Å². The first kappa shape index (κ1) is 25.6. The normalized spacial score (nSPS) is 11.8. The van der Waals surface area contributed by atoms with Gasteiger partial charge in [-0.3, -0.25) is 0 Å². The van der Waals surface area contributed by atoms with E-state index >= 15 is 0 Å². The van der Waals surface area contributed by atoms with Gasteiger partial charge in [0.25, 0.3) is 0 Å². The van der Waals surface area contributed by atoms with Crippen LogP contribution in [0.25, 0.3) is 0 Å². The molecule has 0 radical (unpaired) electrons. The van der Waals surface area contributed by atoms with Gasteiger partial charge in [-0.15, -0.1) is 0 Å². The maximum Gasteiger partial charge on any atom is 0.137 e. The highest BCUT2D eigenvalue weighted by Crippen LogP contribution is 2.26. The highest BCUT2D eigenvalue weighted by molar-refractivity contribution is 6.42. The van der Waals surface area contributed by atoms with Crippen LogP contribution in [0.1, 0.15) is 85.0 Å². The summed E-state index contributed by atoms with van der Waals surface area (Å²) in [4.78, 5) is 0. The summed E-state index contributed by atoms with van der Waals surface area (Å²) in [5.41, 5.74) is 0. The predicted octanol–water partition coefficient (Wildman–Crippen LogP) is 8.15. The number of hydrogen-bond acceptors (Lipinski definition) is 1. The number of nitrogens with zero attached hydrogens (tertiary/aromatic N) is 1. The number of halogens is 2. The summed E-state index contributed by atoms with van der Waals surface area (Å²) in [6, 6.07) is 5.49. The molecule has 0 aliphatic heterocycles. The van der Waals surface area contributed by atoms with Crippen molar-refractivity contribution in [3.8, 4) is 5.75 Å². The van der Waals surface area contributed by atoms with Crippen molar-refractivity contribution in [3.05, 3.63) is 28.2 Å². The third-order valence-electron chi connectivity index (χ3n) is 6.05. The van der Waals surface area contributed by atoms with Crippen molar-refractivity contribution in [2.45, 2.75) is 85.0 Å². The molecule has 0 aliphatic carbocycles. The highest BCUT2D eigenvalue weighted by Gasteiger charge is 2.22.